The first-order chi connectivity index (χ1) is 7.22. The Labute approximate surface area is 101 Å². The lowest BCUT2D eigenvalue weighted by Crippen LogP contribution is -2.48. The smallest absolute Gasteiger partial charge is 0.0611 e. The van der Waals surface area contributed by atoms with E-state index in [0.29, 0.717) is 5.41 Å². The molecule has 0 aromatic heterocycles. The number of hydrogen-bond acceptors (Lipinski definition) is 3. The van der Waals surface area contributed by atoms with Crippen LogP contribution in [0.15, 0.2) is 0 Å². The summed E-state index contributed by atoms with van der Waals surface area (Å²) >= 11 is 0. The number of aliphatic hydroxyl groups excluding tert-OH is 1. The van der Waals surface area contributed by atoms with Gasteiger partial charge in [-0.15, -0.1) is 0 Å². The van der Waals surface area contributed by atoms with Gasteiger partial charge in [-0.2, -0.15) is 0 Å². The zero-order valence-electron chi connectivity index (χ0n) is 11.9. The molecule has 0 amide bonds. The lowest BCUT2D eigenvalue weighted by atomic mass is 9.95. The number of hydrogen-bond donors (Lipinski definition) is 2. The fraction of sp³-hybridized carbons (Fsp3) is 1.00. The van der Waals surface area contributed by atoms with Crippen molar-refractivity contribution in [3.63, 3.8) is 0 Å². The van der Waals surface area contributed by atoms with Crippen LogP contribution in [0.2, 0.25) is 0 Å². The third kappa shape index (κ3) is 7.20. The number of nitrogens with one attached hydrogen (secondary N) is 1. The predicted molar refractivity (Wildman–Crippen MR) is 70.7 cm³/mol. The second kappa shape index (κ2) is 6.58. The van der Waals surface area contributed by atoms with Gasteiger partial charge in [-0.05, 0) is 38.9 Å². The van der Waals surface area contributed by atoms with Gasteiger partial charge in [0, 0.05) is 12.1 Å². The van der Waals surface area contributed by atoms with Crippen molar-refractivity contribution >= 4 is 0 Å². The van der Waals surface area contributed by atoms with Crippen LogP contribution in [0.4, 0.5) is 0 Å². The van der Waals surface area contributed by atoms with E-state index < -0.39 is 0 Å². The topological polar surface area (TPSA) is 35.5 Å². The molecule has 0 aromatic carbocycles. The highest BCUT2D eigenvalue weighted by Crippen LogP contribution is 2.16. The van der Waals surface area contributed by atoms with E-state index in [1.807, 2.05) is 0 Å². The van der Waals surface area contributed by atoms with E-state index in [1.165, 1.54) is 0 Å². The lowest BCUT2D eigenvalue weighted by molar-refractivity contribution is 0.142. The first-order valence-corrected chi connectivity index (χ1v) is 6.27. The Balaban J connectivity index is 4.02. The molecule has 0 aliphatic rings. The van der Waals surface area contributed by atoms with Crippen molar-refractivity contribution in [2.45, 2.75) is 46.6 Å². The average Bonchev–Trinajstić information content (AvgIpc) is 2.13. The van der Waals surface area contributed by atoms with Gasteiger partial charge in [-0.25, -0.2) is 0 Å². The molecule has 0 saturated carbocycles. The standard InChI is InChI=1S/C13H30N2O/c1-7-14-13(5,11-16)8-9-15(6)10-12(2,3)4/h14,16H,7-11H2,1-6H3. The minimum absolute atomic E-state index is 0.138. The molecule has 3 nitrogen and oxygen atoms in total. The molecule has 0 aliphatic carbocycles. The third-order valence-corrected chi connectivity index (χ3v) is 2.74. The van der Waals surface area contributed by atoms with Gasteiger partial charge in [0.05, 0.1) is 6.61 Å². The maximum Gasteiger partial charge on any atom is 0.0611 e. The van der Waals surface area contributed by atoms with Gasteiger partial charge in [0.1, 0.15) is 0 Å². The average molecular weight is 230 g/mol. The van der Waals surface area contributed by atoms with E-state index in [0.717, 1.165) is 26.1 Å². The molecule has 1 unspecified atom stereocenters. The van der Waals surface area contributed by atoms with Crippen LogP contribution in [0.5, 0.6) is 0 Å². The van der Waals surface area contributed by atoms with Crippen LogP contribution in [0.3, 0.4) is 0 Å². The molecule has 0 rings (SSSR count). The van der Waals surface area contributed by atoms with E-state index in [9.17, 15) is 5.11 Å². The number of nitrogens with zero attached hydrogens (tertiary/aromatic N) is 1. The van der Waals surface area contributed by atoms with Gasteiger partial charge >= 0.3 is 0 Å². The zero-order chi connectivity index (χ0) is 12.8. The normalized spacial score (nSPS) is 16.5. The van der Waals surface area contributed by atoms with Gasteiger partial charge in [-0.1, -0.05) is 27.7 Å². The highest BCUT2D eigenvalue weighted by molar-refractivity contribution is 4.83. The molecule has 3 heteroatoms. The molecule has 98 valence electrons. The Morgan fingerprint density at radius 1 is 1.19 bits per heavy atom. The number of likely N-dealkylation sites (N-methyl/N-ethyl adjacent to an activating group) is 1. The quantitative estimate of drug-likeness (QED) is 0.699. The van der Waals surface area contributed by atoms with Gasteiger partial charge < -0.3 is 15.3 Å². The molecule has 0 aliphatic heterocycles. The van der Waals surface area contributed by atoms with Crippen molar-refractivity contribution in [2.75, 3.05) is 33.3 Å². The highest BCUT2D eigenvalue weighted by atomic mass is 16.3. The molecule has 0 fully saturated rings. The third-order valence-electron chi connectivity index (χ3n) is 2.74. The minimum Gasteiger partial charge on any atom is -0.394 e. The number of rotatable bonds is 7. The fourth-order valence-corrected chi connectivity index (χ4v) is 1.98. The molecule has 16 heavy (non-hydrogen) atoms. The van der Waals surface area contributed by atoms with E-state index in [2.05, 4.69) is 51.9 Å². The summed E-state index contributed by atoms with van der Waals surface area (Å²) < 4.78 is 0. The fourth-order valence-electron chi connectivity index (χ4n) is 1.98. The van der Waals surface area contributed by atoms with Crippen LogP contribution in [0.25, 0.3) is 0 Å². The first kappa shape index (κ1) is 15.9. The van der Waals surface area contributed by atoms with Crippen LogP contribution in [0, 0.1) is 5.41 Å². The summed E-state index contributed by atoms with van der Waals surface area (Å²) in [7, 11) is 2.15. The van der Waals surface area contributed by atoms with Crippen molar-refractivity contribution in [1.29, 1.82) is 0 Å². The molecule has 0 bridgehead atoms. The maximum absolute atomic E-state index is 9.38. The Morgan fingerprint density at radius 3 is 2.12 bits per heavy atom. The Kier molecular flexibility index (Phi) is 6.53. The van der Waals surface area contributed by atoms with Gasteiger partial charge in [0.2, 0.25) is 0 Å². The van der Waals surface area contributed by atoms with Crippen molar-refractivity contribution in [1.82, 2.24) is 10.2 Å². The molecule has 0 saturated heterocycles. The summed E-state index contributed by atoms with van der Waals surface area (Å²) in [5.41, 5.74) is 0.198. The molecular formula is C13H30N2O. The predicted octanol–water partition coefficient (Wildman–Crippen LogP) is 1.71. The first-order valence-electron chi connectivity index (χ1n) is 6.27. The summed E-state index contributed by atoms with van der Waals surface area (Å²) in [4.78, 5) is 2.34. The molecule has 0 spiro atoms. The van der Waals surface area contributed by atoms with Crippen LogP contribution in [-0.2, 0) is 0 Å². The van der Waals surface area contributed by atoms with Crippen molar-refractivity contribution in [3.05, 3.63) is 0 Å². The number of aliphatic hydroxyl groups is 1. The van der Waals surface area contributed by atoms with Crippen molar-refractivity contribution < 1.29 is 5.11 Å². The largest absolute Gasteiger partial charge is 0.394 e. The maximum atomic E-state index is 9.38. The Bertz CT molecular complexity index is 189. The molecule has 0 aromatic rings. The zero-order valence-corrected chi connectivity index (χ0v) is 11.9. The van der Waals surface area contributed by atoms with E-state index in [4.69, 9.17) is 0 Å². The van der Waals surface area contributed by atoms with Crippen LogP contribution < -0.4 is 5.32 Å². The van der Waals surface area contributed by atoms with Gasteiger partial charge in [0.15, 0.2) is 0 Å². The second-order valence-electron chi connectivity index (χ2n) is 6.30. The monoisotopic (exact) mass is 230 g/mol. The highest BCUT2D eigenvalue weighted by Gasteiger charge is 2.23. The summed E-state index contributed by atoms with van der Waals surface area (Å²) in [6.45, 7) is 14.1. The Hall–Kier alpha value is -0.120. The molecule has 1 atom stereocenters. The van der Waals surface area contributed by atoms with Gasteiger partial charge in [0.25, 0.3) is 0 Å². The van der Waals surface area contributed by atoms with Crippen molar-refractivity contribution in [3.8, 4) is 0 Å². The summed E-state index contributed by atoms with van der Waals surface area (Å²) in [6.07, 6.45) is 0.976. The Morgan fingerprint density at radius 2 is 1.75 bits per heavy atom. The van der Waals surface area contributed by atoms with Crippen LogP contribution >= 0.6 is 0 Å². The van der Waals surface area contributed by atoms with Crippen LogP contribution in [0.1, 0.15) is 41.0 Å². The minimum atomic E-state index is -0.138. The van der Waals surface area contributed by atoms with E-state index >= 15 is 0 Å². The molecule has 0 radical (unpaired) electrons. The lowest BCUT2D eigenvalue weighted by Gasteiger charge is -2.32. The van der Waals surface area contributed by atoms with Gasteiger partial charge in [-0.3, -0.25) is 0 Å². The second-order valence-corrected chi connectivity index (χ2v) is 6.30. The summed E-state index contributed by atoms with van der Waals surface area (Å²) in [5, 5.41) is 12.7. The SMILES string of the molecule is CCNC(C)(CO)CCN(C)CC(C)(C)C. The van der Waals surface area contributed by atoms with E-state index in [1.54, 1.807) is 0 Å². The summed E-state index contributed by atoms with van der Waals surface area (Å²) in [5.74, 6) is 0. The van der Waals surface area contributed by atoms with Crippen LogP contribution in [-0.4, -0.2) is 48.8 Å². The molecule has 0 heterocycles. The molecule has 2 N–H and O–H groups in total. The summed E-state index contributed by atoms with van der Waals surface area (Å²) in [6, 6.07) is 0. The van der Waals surface area contributed by atoms with E-state index in [-0.39, 0.29) is 12.1 Å². The van der Waals surface area contributed by atoms with Crippen molar-refractivity contribution in [2.24, 2.45) is 5.41 Å². The molecular weight excluding hydrogens is 200 g/mol.